The van der Waals surface area contributed by atoms with Crippen molar-refractivity contribution < 1.29 is 19.0 Å². The van der Waals surface area contributed by atoms with E-state index in [9.17, 15) is 4.79 Å². The largest absolute Gasteiger partial charge is 0.461 e. The molecule has 2 saturated heterocycles. The zero-order valence-electron chi connectivity index (χ0n) is 6.49. The van der Waals surface area contributed by atoms with E-state index in [2.05, 4.69) is 0 Å². The minimum atomic E-state index is -0.630. The predicted molar refractivity (Wildman–Crippen MR) is 34.8 cm³/mol. The number of ether oxygens (including phenoxy) is 3. The zero-order valence-corrected chi connectivity index (χ0v) is 6.49. The fourth-order valence-corrected chi connectivity index (χ4v) is 1.40. The summed E-state index contributed by atoms with van der Waals surface area (Å²) in [6, 6.07) is 0. The standard InChI is InChI=1S/C7H10O4/c1-7(2)10-4-3-9-6(8)5(4)11-7/h4-5H,3H2,1-2H3/t4-,5-/m1/s1. The van der Waals surface area contributed by atoms with E-state index in [1.165, 1.54) is 0 Å². The van der Waals surface area contributed by atoms with Gasteiger partial charge in [-0.1, -0.05) is 0 Å². The van der Waals surface area contributed by atoms with Crippen LogP contribution in [-0.4, -0.2) is 30.6 Å². The van der Waals surface area contributed by atoms with Crippen LogP contribution >= 0.6 is 0 Å². The summed E-state index contributed by atoms with van der Waals surface area (Å²) in [6.45, 7) is 3.91. The van der Waals surface area contributed by atoms with Crippen LogP contribution in [0.4, 0.5) is 0 Å². The molecule has 0 unspecified atom stereocenters. The first-order valence-corrected chi connectivity index (χ1v) is 3.61. The lowest BCUT2D eigenvalue weighted by atomic mass is 10.3. The van der Waals surface area contributed by atoms with Crippen LogP contribution in [0, 0.1) is 0 Å². The molecule has 2 rings (SSSR count). The highest BCUT2D eigenvalue weighted by atomic mass is 16.8. The Labute approximate surface area is 64.4 Å². The van der Waals surface area contributed by atoms with Gasteiger partial charge in [-0.2, -0.15) is 0 Å². The Hall–Kier alpha value is -0.610. The van der Waals surface area contributed by atoms with Gasteiger partial charge in [-0.3, -0.25) is 0 Å². The summed E-state index contributed by atoms with van der Waals surface area (Å²) < 4.78 is 15.4. The first-order chi connectivity index (χ1) is 5.08. The topological polar surface area (TPSA) is 44.8 Å². The number of fused-ring (bicyclic) bond motifs is 1. The van der Waals surface area contributed by atoms with E-state index in [0.29, 0.717) is 6.61 Å². The molecule has 2 atom stereocenters. The normalized spacial score (nSPS) is 40.4. The molecule has 4 heteroatoms. The van der Waals surface area contributed by atoms with Gasteiger partial charge in [0.15, 0.2) is 11.9 Å². The van der Waals surface area contributed by atoms with Gasteiger partial charge in [0.05, 0.1) is 0 Å². The van der Waals surface area contributed by atoms with Crippen LogP contribution in [0.1, 0.15) is 13.8 Å². The third-order valence-corrected chi connectivity index (χ3v) is 1.81. The summed E-state index contributed by atoms with van der Waals surface area (Å²) in [5.74, 6) is -0.935. The third kappa shape index (κ3) is 1.02. The first kappa shape index (κ1) is 7.06. The number of carbonyl (C=O) groups is 1. The molecule has 2 heterocycles. The molecule has 2 aliphatic heterocycles. The molecule has 2 aliphatic rings. The summed E-state index contributed by atoms with van der Waals surface area (Å²) in [7, 11) is 0. The quantitative estimate of drug-likeness (QED) is 0.468. The van der Waals surface area contributed by atoms with Crippen LogP contribution < -0.4 is 0 Å². The maximum Gasteiger partial charge on any atom is 0.338 e. The maximum atomic E-state index is 10.9. The van der Waals surface area contributed by atoms with Gasteiger partial charge in [-0.25, -0.2) is 4.79 Å². The molecule has 0 N–H and O–H groups in total. The number of esters is 1. The summed E-state index contributed by atoms with van der Waals surface area (Å²) >= 11 is 0. The summed E-state index contributed by atoms with van der Waals surface area (Å²) in [5.41, 5.74) is 0. The second-order valence-corrected chi connectivity index (χ2v) is 3.22. The molecule has 0 bridgehead atoms. The SMILES string of the molecule is CC1(C)O[C@@H]2COC(=O)[C@@H]2O1. The predicted octanol–water partition coefficient (Wildman–Crippen LogP) is 0.0633. The highest BCUT2D eigenvalue weighted by Gasteiger charge is 2.50. The van der Waals surface area contributed by atoms with Crippen molar-refractivity contribution in [1.82, 2.24) is 0 Å². The second kappa shape index (κ2) is 1.95. The summed E-state index contributed by atoms with van der Waals surface area (Å²) in [4.78, 5) is 10.9. The average molecular weight is 158 g/mol. The maximum absolute atomic E-state index is 10.9. The molecular formula is C7H10O4. The lowest BCUT2D eigenvalue weighted by molar-refractivity contribution is -0.178. The van der Waals surface area contributed by atoms with Gasteiger partial charge < -0.3 is 14.2 Å². The van der Waals surface area contributed by atoms with Crippen LogP contribution in [0.3, 0.4) is 0 Å². The molecular weight excluding hydrogens is 148 g/mol. The Morgan fingerprint density at radius 3 is 2.82 bits per heavy atom. The van der Waals surface area contributed by atoms with Crippen molar-refractivity contribution in [3.8, 4) is 0 Å². The van der Waals surface area contributed by atoms with Gasteiger partial charge >= 0.3 is 5.97 Å². The van der Waals surface area contributed by atoms with E-state index in [1.807, 2.05) is 0 Å². The van der Waals surface area contributed by atoms with Gasteiger partial charge in [-0.05, 0) is 13.8 Å². The highest BCUT2D eigenvalue weighted by molar-refractivity contribution is 5.77. The van der Waals surface area contributed by atoms with Gasteiger partial charge in [0.2, 0.25) is 0 Å². The van der Waals surface area contributed by atoms with Crippen molar-refractivity contribution in [2.45, 2.75) is 31.8 Å². The van der Waals surface area contributed by atoms with E-state index in [-0.39, 0.29) is 12.1 Å². The van der Waals surface area contributed by atoms with Crippen LogP contribution in [0.15, 0.2) is 0 Å². The van der Waals surface area contributed by atoms with Crippen molar-refractivity contribution in [3.63, 3.8) is 0 Å². The van der Waals surface area contributed by atoms with E-state index >= 15 is 0 Å². The fraction of sp³-hybridized carbons (Fsp3) is 0.857. The van der Waals surface area contributed by atoms with Gasteiger partial charge in [0.1, 0.15) is 12.7 Å². The number of carbonyl (C=O) groups excluding carboxylic acids is 1. The molecule has 0 amide bonds. The molecule has 0 aromatic carbocycles. The number of rotatable bonds is 0. The van der Waals surface area contributed by atoms with Crippen LogP contribution in [0.5, 0.6) is 0 Å². The number of hydrogen-bond acceptors (Lipinski definition) is 4. The van der Waals surface area contributed by atoms with E-state index in [1.54, 1.807) is 13.8 Å². The molecule has 11 heavy (non-hydrogen) atoms. The Kier molecular flexibility index (Phi) is 1.25. The molecule has 2 fully saturated rings. The second-order valence-electron chi connectivity index (χ2n) is 3.22. The lowest BCUT2D eigenvalue weighted by Gasteiger charge is -2.17. The van der Waals surface area contributed by atoms with Crippen molar-refractivity contribution in [3.05, 3.63) is 0 Å². The van der Waals surface area contributed by atoms with Crippen LogP contribution in [-0.2, 0) is 19.0 Å². The monoisotopic (exact) mass is 158 g/mol. The third-order valence-electron chi connectivity index (χ3n) is 1.81. The molecule has 0 aromatic heterocycles. The minimum absolute atomic E-state index is 0.197. The Bertz CT molecular complexity index is 199. The number of cyclic esters (lactones) is 1. The molecule has 0 spiro atoms. The van der Waals surface area contributed by atoms with Crippen LogP contribution in [0.2, 0.25) is 0 Å². The van der Waals surface area contributed by atoms with Crippen molar-refractivity contribution in [2.24, 2.45) is 0 Å². The Morgan fingerprint density at radius 2 is 2.18 bits per heavy atom. The van der Waals surface area contributed by atoms with Gasteiger partial charge in [0.25, 0.3) is 0 Å². The zero-order chi connectivity index (χ0) is 8.06. The highest BCUT2D eigenvalue weighted by Crippen LogP contribution is 2.32. The van der Waals surface area contributed by atoms with E-state index < -0.39 is 11.9 Å². The minimum Gasteiger partial charge on any atom is -0.461 e. The first-order valence-electron chi connectivity index (χ1n) is 3.61. The molecule has 4 nitrogen and oxygen atoms in total. The smallest absolute Gasteiger partial charge is 0.338 e. The summed E-state index contributed by atoms with van der Waals surface area (Å²) in [6.07, 6.45) is -0.692. The Morgan fingerprint density at radius 1 is 1.45 bits per heavy atom. The molecule has 62 valence electrons. The molecule has 0 radical (unpaired) electrons. The van der Waals surface area contributed by atoms with Crippen molar-refractivity contribution in [1.29, 1.82) is 0 Å². The molecule has 0 saturated carbocycles. The van der Waals surface area contributed by atoms with Crippen molar-refractivity contribution in [2.75, 3.05) is 6.61 Å². The molecule has 0 aliphatic carbocycles. The Balaban J connectivity index is 2.16. The van der Waals surface area contributed by atoms with Gasteiger partial charge in [-0.15, -0.1) is 0 Å². The fourth-order valence-electron chi connectivity index (χ4n) is 1.40. The van der Waals surface area contributed by atoms with E-state index in [4.69, 9.17) is 14.2 Å². The average Bonchev–Trinajstić information content (AvgIpc) is 2.31. The van der Waals surface area contributed by atoms with Crippen molar-refractivity contribution >= 4 is 5.97 Å². The van der Waals surface area contributed by atoms with E-state index in [0.717, 1.165) is 0 Å². The number of hydrogen-bond donors (Lipinski definition) is 0. The van der Waals surface area contributed by atoms with Gasteiger partial charge in [0, 0.05) is 0 Å². The van der Waals surface area contributed by atoms with Crippen LogP contribution in [0.25, 0.3) is 0 Å². The lowest BCUT2D eigenvalue weighted by Crippen LogP contribution is -2.25. The molecule has 0 aromatic rings. The summed E-state index contributed by atoms with van der Waals surface area (Å²) in [5, 5.41) is 0.